The van der Waals surface area contributed by atoms with E-state index >= 15 is 0 Å². The van der Waals surface area contributed by atoms with Crippen molar-refractivity contribution in [2.45, 2.75) is 51.5 Å². The Kier molecular flexibility index (Phi) is 4.82. The van der Waals surface area contributed by atoms with E-state index in [-0.39, 0.29) is 16.9 Å². The maximum atomic E-state index is 13.5. The molecule has 0 aliphatic carbocycles. The summed E-state index contributed by atoms with van der Waals surface area (Å²) in [5.41, 5.74) is 5.48. The molecule has 0 saturated heterocycles. The number of hydrogen-bond donors (Lipinski definition) is 0. The number of carbonyl (C=O) groups excluding carboxylic acids is 1. The zero-order valence-electron chi connectivity index (χ0n) is 17.8. The van der Waals surface area contributed by atoms with Gasteiger partial charge in [-0.2, -0.15) is 0 Å². The monoisotopic (exact) mass is 383 g/mol. The van der Waals surface area contributed by atoms with Crippen molar-refractivity contribution >= 4 is 11.6 Å². The topological polar surface area (TPSA) is 20.3 Å². The number of rotatable bonds is 3. The highest BCUT2D eigenvalue weighted by Crippen LogP contribution is 2.51. The van der Waals surface area contributed by atoms with Gasteiger partial charge in [-0.05, 0) is 55.5 Å². The quantitative estimate of drug-likeness (QED) is 0.538. The predicted molar refractivity (Wildman–Crippen MR) is 120 cm³/mol. The molecule has 1 amide bonds. The molecule has 1 heterocycles. The fourth-order valence-corrected chi connectivity index (χ4v) is 5.29. The Morgan fingerprint density at radius 2 is 1.48 bits per heavy atom. The average Bonchev–Trinajstić information content (AvgIpc) is 2.68. The van der Waals surface area contributed by atoms with E-state index in [0.717, 1.165) is 17.7 Å². The first kappa shape index (κ1) is 19.4. The maximum Gasteiger partial charge on any atom is 0.231 e. The van der Waals surface area contributed by atoms with Gasteiger partial charge in [-0.15, -0.1) is 0 Å². The zero-order valence-corrected chi connectivity index (χ0v) is 17.8. The van der Waals surface area contributed by atoms with Crippen LogP contribution in [0.25, 0.3) is 0 Å². The van der Waals surface area contributed by atoms with Gasteiger partial charge in [0.2, 0.25) is 5.91 Å². The summed E-state index contributed by atoms with van der Waals surface area (Å²) < 4.78 is 0. The maximum absolute atomic E-state index is 13.5. The van der Waals surface area contributed by atoms with Crippen LogP contribution in [0.2, 0.25) is 0 Å². The first-order chi connectivity index (χ1) is 13.8. The molecule has 0 radical (unpaired) electrons. The third kappa shape index (κ3) is 3.37. The normalized spacial score (nSPS) is 20.2. The van der Waals surface area contributed by atoms with Crippen molar-refractivity contribution in [2.24, 2.45) is 0 Å². The first-order valence-corrected chi connectivity index (χ1v) is 10.4. The van der Waals surface area contributed by atoms with E-state index in [1.54, 1.807) is 0 Å². The Hall–Kier alpha value is -2.87. The highest BCUT2D eigenvalue weighted by Gasteiger charge is 2.48. The highest BCUT2D eigenvalue weighted by molar-refractivity contribution is 5.98. The molecule has 148 valence electrons. The van der Waals surface area contributed by atoms with Crippen LogP contribution in [0.5, 0.6) is 0 Å². The molecule has 0 spiro atoms. The van der Waals surface area contributed by atoms with Crippen LogP contribution in [0.4, 0.5) is 5.69 Å². The largest absolute Gasteiger partial charge is 0.306 e. The Morgan fingerprint density at radius 1 is 0.862 bits per heavy atom. The van der Waals surface area contributed by atoms with Crippen molar-refractivity contribution in [1.82, 2.24) is 0 Å². The van der Waals surface area contributed by atoms with Crippen LogP contribution >= 0.6 is 0 Å². The molecule has 4 rings (SSSR count). The van der Waals surface area contributed by atoms with Crippen molar-refractivity contribution in [3.63, 3.8) is 0 Å². The molecule has 0 unspecified atom stereocenters. The fraction of sp³-hybridized carbons (Fsp3) is 0.296. The van der Waals surface area contributed by atoms with Crippen LogP contribution in [0, 0.1) is 6.92 Å². The number of benzene rings is 3. The SMILES string of the molecule is Cc1cccc2c1[C@](C)(c1ccccc1)CC(C)(C)N2C(=O)Cc1ccccc1. The van der Waals surface area contributed by atoms with Gasteiger partial charge < -0.3 is 4.90 Å². The van der Waals surface area contributed by atoms with Gasteiger partial charge in [0.25, 0.3) is 0 Å². The van der Waals surface area contributed by atoms with Crippen LogP contribution in [0.3, 0.4) is 0 Å². The second-order valence-corrected chi connectivity index (χ2v) is 9.05. The van der Waals surface area contributed by atoms with E-state index in [1.165, 1.54) is 16.7 Å². The van der Waals surface area contributed by atoms with Crippen molar-refractivity contribution < 1.29 is 4.79 Å². The zero-order chi connectivity index (χ0) is 20.6. The van der Waals surface area contributed by atoms with Gasteiger partial charge in [-0.25, -0.2) is 0 Å². The van der Waals surface area contributed by atoms with E-state index in [4.69, 9.17) is 0 Å². The van der Waals surface area contributed by atoms with Crippen LogP contribution in [-0.2, 0) is 16.6 Å². The molecule has 0 saturated carbocycles. The minimum Gasteiger partial charge on any atom is -0.306 e. The molecule has 1 aliphatic rings. The summed E-state index contributed by atoms with van der Waals surface area (Å²) in [5.74, 6) is 0.156. The molecule has 1 aliphatic heterocycles. The Labute approximate surface area is 174 Å². The third-order valence-electron chi connectivity index (χ3n) is 6.29. The summed E-state index contributed by atoms with van der Waals surface area (Å²) in [6, 6.07) is 27.1. The second-order valence-electron chi connectivity index (χ2n) is 9.05. The number of nitrogens with zero attached hydrogens (tertiary/aromatic N) is 1. The standard InChI is InChI=1S/C27H29NO/c1-20-12-11-17-23-25(20)27(4,22-15-9-6-10-16-22)19-26(2,3)28(23)24(29)18-21-13-7-5-8-14-21/h5-17H,18-19H2,1-4H3/t27-/m0/s1. The van der Waals surface area contributed by atoms with Gasteiger partial charge in [0.15, 0.2) is 0 Å². The van der Waals surface area contributed by atoms with E-state index in [2.05, 4.69) is 76.2 Å². The lowest BCUT2D eigenvalue weighted by Gasteiger charge is -2.52. The summed E-state index contributed by atoms with van der Waals surface area (Å²) in [5, 5.41) is 0. The lowest BCUT2D eigenvalue weighted by atomic mass is 9.64. The lowest BCUT2D eigenvalue weighted by Crippen LogP contribution is -2.56. The smallest absolute Gasteiger partial charge is 0.231 e. The van der Waals surface area contributed by atoms with Crippen molar-refractivity contribution in [1.29, 1.82) is 0 Å². The second kappa shape index (κ2) is 7.18. The molecule has 1 atom stereocenters. The van der Waals surface area contributed by atoms with Crippen LogP contribution in [0.15, 0.2) is 78.9 Å². The number of aryl methyl sites for hydroxylation is 1. The van der Waals surface area contributed by atoms with Gasteiger partial charge in [-0.1, -0.05) is 79.7 Å². The van der Waals surface area contributed by atoms with E-state index in [9.17, 15) is 4.79 Å². The molecule has 3 aromatic rings. The van der Waals surface area contributed by atoms with Crippen molar-refractivity contribution in [3.8, 4) is 0 Å². The molecule has 0 bridgehead atoms. The first-order valence-electron chi connectivity index (χ1n) is 10.4. The van der Waals surface area contributed by atoms with Crippen molar-refractivity contribution in [2.75, 3.05) is 4.90 Å². The molecule has 3 aromatic carbocycles. The van der Waals surface area contributed by atoms with E-state index < -0.39 is 0 Å². The summed E-state index contributed by atoms with van der Waals surface area (Å²) in [6.45, 7) is 8.89. The van der Waals surface area contributed by atoms with Gasteiger partial charge in [0.1, 0.15) is 0 Å². The predicted octanol–water partition coefficient (Wildman–Crippen LogP) is 6.06. The van der Waals surface area contributed by atoms with Crippen LogP contribution < -0.4 is 4.90 Å². The molecular formula is C27H29NO. The number of carbonyl (C=O) groups is 1. The number of hydrogen-bond acceptors (Lipinski definition) is 1. The van der Waals surface area contributed by atoms with Gasteiger partial charge in [0.05, 0.1) is 6.42 Å². The highest BCUT2D eigenvalue weighted by atomic mass is 16.2. The number of fused-ring (bicyclic) bond motifs is 1. The fourth-order valence-electron chi connectivity index (χ4n) is 5.29. The third-order valence-corrected chi connectivity index (χ3v) is 6.29. The Morgan fingerprint density at radius 3 is 2.14 bits per heavy atom. The molecule has 29 heavy (non-hydrogen) atoms. The molecule has 2 heteroatoms. The molecule has 2 nitrogen and oxygen atoms in total. The summed E-state index contributed by atoms with van der Waals surface area (Å²) >= 11 is 0. The summed E-state index contributed by atoms with van der Waals surface area (Å²) in [6.07, 6.45) is 1.29. The van der Waals surface area contributed by atoms with Crippen LogP contribution in [0.1, 0.15) is 49.4 Å². The number of anilines is 1. The van der Waals surface area contributed by atoms with Gasteiger partial charge in [0, 0.05) is 16.6 Å². The summed E-state index contributed by atoms with van der Waals surface area (Å²) in [7, 11) is 0. The molecule has 0 aromatic heterocycles. The molecule has 0 N–H and O–H groups in total. The van der Waals surface area contributed by atoms with Gasteiger partial charge >= 0.3 is 0 Å². The lowest BCUT2D eigenvalue weighted by molar-refractivity contribution is -0.119. The van der Waals surface area contributed by atoms with Crippen molar-refractivity contribution in [3.05, 3.63) is 101 Å². The summed E-state index contributed by atoms with van der Waals surface area (Å²) in [4.78, 5) is 15.6. The van der Waals surface area contributed by atoms with E-state index in [0.29, 0.717) is 6.42 Å². The molecule has 0 fully saturated rings. The average molecular weight is 384 g/mol. The van der Waals surface area contributed by atoms with Crippen LogP contribution in [-0.4, -0.2) is 11.4 Å². The minimum atomic E-state index is -0.294. The van der Waals surface area contributed by atoms with Gasteiger partial charge in [-0.3, -0.25) is 4.79 Å². The Bertz CT molecular complexity index is 1020. The minimum absolute atomic E-state index is 0.144. The number of amides is 1. The van der Waals surface area contributed by atoms with E-state index in [1.807, 2.05) is 35.2 Å². The Balaban J connectivity index is 1.85. The molecular weight excluding hydrogens is 354 g/mol.